The van der Waals surface area contributed by atoms with E-state index in [0.717, 1.165) is 12.1 Å². The first-order valence-corrected chi connectivity index (χ1v) is 5.75. The lowest BCUT2D eigenvalue weighted by molar-refractivity contribution is -0.131. The van der Waals surface area contributed by atoms with Crippen LogP contribution >= 0.6 is 0 Å². The zero-order valence-electron chi connectivity index (χ0n) is 10.5. The van der Waals surface area contributed by atoms with E-state index in [1.165, 1.54) is 31.2 Å². The first kappa shape index (κ1) is 13.9. The van der Waals surface area contributed by atoms with Crippen LogP contribution in [-0.4, -0.2) is 11.8 Å². The summed E-state index contributed by atoms with van der Waals surface area (Å²) >= 11 is 0. The average molecular weight is 276 g/mol. The van der Waals surface area contributed by atoms with Crippen LogP contribution in [0, 0.1) is 11.6 Å². The van der Waals surface area contributed by atoms with E-state index >= 15 is 0 Å². The predicted octanol–water partition coefficient (Wildman–Crippen LogP) is 3.12. The molecule has 3 nitrogen and oxygen atoms in total. The fourth-order valence-corrected chi connectivity index (χ4v) is 1.70. The average Bonchev–Trinajstić information content (AvgIpc) is 2.37. The Labute approximate surface area is 113 Å². The first-order valence-electron chi connectivity index (χ1n) is 5.75. The van der Waals surface area contributed by atoms with Gasteiger partial charge in [-0.3, -0.25) is 9.59 Å². The molecule has 2 rings (SSSR count). The Bertz CT molecular complexity index is 681. The highest BCUT2D eigenvalue weighted by Gasteiger charge is 2.15. The van der Waals surface area contributed by atoms with Gasteiger partial charge in [0, 0.05) is 18.6 Å². The van der Waals surface area contributed by atoms with Crippen molar-refractivity contribution < 1.29 is 23.1 Å². The molecule has 2 aromatic rings. The molecule has 0 amide bonds. The number of esters is 1. The van der Waals surface area contributed by atoms with Crippen molar-refractivity contribution in [2.75, 3.05) is 0 Å². The van der Waals surface area contributed by atoms with Crippen molar-refractivity contribution in [2.24, 2.45) is 0 Å². The van der Waals surface area contributed by atoms with Gasteiger partial charge in [-0.05, 0) is 24.3 Å². The van der Waals surface area contributed by atoms with E-state index in [2.05, 4.69) is 0 Å². The highest BCUT2D eigenvalue weighted by atomic mass is 19.1. The molecular formula is C15H10F2O3. The van der Waals surface area contributed by atoms with Crippen molar-refractivity contribution in [3.8, 4) is 5.75 Å². The van der Waals surface area contributed by atoms with E-state index in [0.29, 0.717) is 6.07 Å². The number of carbonyl (C=O) groups excluding carboxylic acids is 2. The molecule has 0 N–H and O–H groups in total. The number of hydrogen-bond acceptors (Lipinski definition) is 3. The summed E-state index contributed by atoms with van der Waals surface area (Å²) in [5, 5.41) is 0. The minimum Gasteiger partial charge on any atom is -0.427 e. The fraction of sp³-hybridized carbons (Fsp3) is 0.0667. The van der Waals surface area contributed by atoms with Gasteiger partial charge in [0.05, 0.1) is 5.56 Å². The van der Waals surface area contributed by atoms with E-state index in [1.54, 1.807) is 0 Å². The van der Waals surface area contributed by atoms with E-state index in [1.807, 2.05) is 0 Å². The predicted molar refractivity (Wildman–Crippen MR) is 67.5 cm³/mol. The molecule has 5 heteroatoms. The second kappa shape index (κ2) is 5.61. The van der Waals surface area contributed by atoms with Crippen LogP contribution in [0.25, 0.3) is 0 Å². The zero-order chi connectivity index (χ0) is 14.7. The van der Waals surface area contributed by atoms with Gasteiger partial charge < -0.3 is 4.74 Å². The van der Waals surface area contributed by atoms with Crippen molar-refractivity contribution in [3.05, 3.63) is 65.2 Å². The van der Waals surface area contributed by atoms with Gasteiger partial charge in [-0.25, -0.2) is 8.78 Å². The summed E-state index contributed by atoms with van der Waals surface area (Å²) in [5.74, 6) is -2.65. The summed E-state index contributed by atoms with van der Waals surface area (Å²) < 4.78 is 31.2. The maximum Gasteiger partial charge on any atom is 0.308 e. The third-order valence-corrected chi connectivity index (χ3v) is 2.53. The molecule has 0 radical (unpaired) electrons. The standard InChI is InChI=1S/C15H10F2O3/c1-9(18)20-12-4-2-3-10(7-12)15(19)13-6-5-11(16)8-14(13)17/h2-8H,1H3. The van der Waals surface area contributed by atoms with E-state index in [4.69, 9.17) is 4.74 Å². The molecule has 0 bridgehead atoms. The number of rotatable bonds is 3. The lowest BCUT2D eigenvalue weighted by Crippen LogP contribution is -2.06. The highest BCUT2D eigenvalue weighted by Crippen LogP contribution is 2.19. The second-order valence-electron chi connectivity index (χ2n) is 4.07. The van der Waals surface area contributed by atoms with Gasteiger partial charge in [0.25, 0.3) is 0 Å². The summed E-state index contributed by atoms with van der Waals surface area (Å²) in [6, 6.07) is 8.51. The maximum atomic E-state index is 13.6. The Hall–Kier alpha value is -2.56. The van der Waals surface area contributed by atoms with Gasteiger partial charge in [0.1, 0.15) is 17.4 Å². The number of ether oxygens (including phenoxy) is 1. The molecule has 2 aromatic carbocycles. The Morgan fingerprint density at radius 1 is 1.05 bits per heavy atom. The molecule has 0 heterocycles. The highest BCUT2D eigenvalue weighted by molar-refractivity contribution is 6.09. The van der Waals surface area contributed by atoms with Crippen LogP contribution in [0.5, 0.6) is 5.75 Å². The summed E-state index contributed by atoms with van der Waals surface area (Å²) in [6.45, 7) is 1.23. The number of benzene rings is 2. The molecule has 0 saturated carbocycles. The quantitative estimate of drug-likeness (QED) is 0.491. The molecule has 20 heavy (non-hydrogen) atoms. The van der Waals surface area contributed by atoms with Crippen LogP contribution in [-0.2, 0) is 4.79 Å². The van der Waals surface area contributed by atoms with Gasteiger partial charge >= 0.3 is 5.97 Å². The minimum absolute atomic E-state index is 0.147. The summed E-state index contributed by atoms with van der Waals surface area (Å²) in [5.41, 5.74) is -0.0966. The monoisotopic (exact) mass is 276 g/mol. The molecule has 0 spiro atoms. The Morgan fingerprint density at radius 2 is 1.80 bits per heavy atom. The van der Waals surface area contributed by atoms with Crippen LogP contribution in [0.1, 0.15) is 22.8 Å². The molecule has 0 aliphatic rings. The van der Waals surface area contributed by atoms with Gasteiger partial charge in [-0.15, -0.1) is 0 Å². The minimum atomic E-state index is -0.937. The van der Waals surface area contributed by atoms with Crippen molar-refractivity contribution in [3.63, 3.8) is 0 Å². The smallest absolute Gasteiger partial charge is 0.308 e. The lowest BCUT2D eigenvalue weighted by Gasteiger charge is -2.05. The molecule has 102 valence electrons. The summed E-state index contributed by atoms with van der Waals surface area (Å²) in [6.07, 6.45) is 0. The van der Waals surface area contributed by atoms with Gasteiger partial charge in [-0.1, -0.05) is 12.1 Å². The molecule has 0 atom stereocenters. The van der Waals surface area contributed by atoms with Gasteiger partial charge in [0.15, 0.2) is 5.78 Å². The third-order valence-electron chi connectivity index (χ3n) is 2.53. The first-order chi connectivity index (χ1) is 9.47. The van der Waals surface area contributed by atoms with E-state index < -0.39 is 23.4 Å². The number of halogens is 2. The number of carbonyl (C=O) groups is 2. The second-order valence-corrected chi connectivity index (χ2v) is 4.07. The van der Waals surface area contributed by atoms with Crippen molar-refractivity contribution in [2.45, 2.75) is 6.92 Å². The SMILES string of the molecule is CC(=O)Oc1cccc(C(=O)c2ccc(F)cc2F)c1. The van der Waals surface area contributed by atoms with Crippen molar-refractivity contribution >= 4 is 11.8 Å². The zero-order valence-corrected chi connectivity index (χ0v) is 10.5. The van der Waals surface area contributed by atoms with Gasteiger partial charge in [-0.2, -0.15) is 0 Å². The molecule has 0 saturated heterocycles. The van der Waals surface area contributed by atoms with Gasteiger partial charge in [0.2, 0.25) is 0 Å². The fourth-order valence-electron chi connectivity index (χ4n) is 1.70. The van der Waals surface area contributed by atoms with E-state index in [-0.39, 0.29) is 16.9 Å². The molecule has 0 aromatic heterocycles. The third kappa shape index (κ3) is 3.06. The summed E-state index contributed by atoms with van der Waals surface area (Å²) in [4.78, 5) is 23.0. The maximum absolute atomic E-state index is 13.6. The van der Waals surface area contributed by atoms with Crippen molar-refractivity contribution in [1.29, 1.82) is 0 Å². The van der Waals surface area contributed by atoms with Crippen LogP contribution in [0.4, 0.5) is 8.78 Å². The topological polar surface area (TPSA) is 43.4 Å². The van der Waals surface area contributed by atoms with Crippen LogP contribution in [0.2, 0.25) is 0 Å². The molecule has 0 aliphatic carbocycles. The molecular weight excluding hydrogens is 266 g/mol. The lowest BCUT2D eigenvalue weighted by atomic mass is 10.0. The molecule has 0 aliphatic heterocycles. The normalized spacial score (nSPS) is 10.2. The van der Waals surface area contributed by atoms with Crippen molar-refractivity contribution in [1.82, 2.24) is 0 Å². The number of hydrogen-bond donors (Lipinski definition) is 0. The Kier molecular flexibility index (Phi) is 3.89. The van der Waals surface area contributed by atoms with E-state index in [9.17, 15) is 18.4 Å². The Balaban J connectivity index is 2.35. The van der Waals surface area contributed by atoms with Crippen LogP contribution < -0.4 is 4.74 Å². The molecule has 0 fully saturated rings. The van der Waals surface area contributed by atoms with Crippen LogP contribution in [0.15, 0.2) is 42.5 Å². The molecule has 0 unspecified atom stereocenters. The summed E-state index contributed by atoms with van der Waals surface area (Å²) in [7, 11) is 0. The number of ketones is 1. The Morgan fingerprint density at radius 3 is 2.45 bits per heavy atom. The largest absolute Gasteiger partial charge is 0.427 e. The van der Waals surface area contributed by atoms with Crippen LogP contribution in [0.3, 0.4) is 0 Å².